The first kappa shape index (κ1) is 17.5. The van der Waals surface area contributed by atoms with E-state index in [0.29, 0.717) is 10.6 Å². The molecule has 2 rings (SSSR count). The van der Waals surface area contributed by atoms with Gasteiger partial charge in [-0.05, 0) is 24.6 Å². The average molecular weight is 374 g/mol. The summed E-state index contributed by atoms with van der Waals surface area (Å²) in [5, 5.41) is 3.31. The highest BCUT2D eigenvalue weighted by Gasteiger charge is 2.15. The van der Waals surface area contributed by atoms with E-state index in [1.54, 1.807) is 25.1 Å². The van der Waals surface area contributed by atoms with Gasteiger partial charge in [0.05, 0.1) is 20.6 Å². The monoisotopic (exact) mass is 372 g/mol. The lowest BCUT2D eigenvalue weighted by Gasteiger charge is -2.09. The molecule has 0 aliphatic heterocycles. The first-order chi connectivity index (χ1) is 10.9. The van der Waals surface area contributed by atoms with Crippen molar-refractivity contribution in [2.24, 2.45) is 0 Å². The van der Waals surface area contributed by atoms with Gasteiger partial charge < -0.3 is 10.1 Å². The predicted octanol–water partition coefficient (Wildman–Crippen LogP) is 4.15. The zero-order valence-corrected chi connectivity index (χ0v) is 14.2. The predicted molar refractivity (Wildman–Crippen MR) is 89.4 cm³/mol. The summed E-state index contributed by atoms with van der Waals surface area (Å²) in [6.45, 7) is 1.20. The average Bonchev–Trinajstić information content (AvgIpc) is 2.53. The normalized spacial score (nSPS) is 10.3. The van der Waals surface area contributed by atoms with Crippen LogP contribution in [0.5, 0.6) is 0 Å². The van der Waals surface area contributed by atoms with E-state index in [-0.39, 0.29) is 21.4 Å². The Labute approximate surface area is 147 Å². The first-order valence-corrected chi connectivity index (χ1v) is 7.55. The summed E-state index contributed by atoms with van der Waals surface area (Å²) in [6.07, 6.45) is 1.37. The minimum atomic E-state index is -0.697. The van der Waals surface area contributed by atoms with Gasteiger partial charge in [-0.15, -0.1) is 0 Å². The van der Waals surface area contributed by atoms with E-state index in [9.17, 15) is 9.59 Å². The van der Waals surface area contributed by atoms with E-state index in [2.05, 4.69) is 10.3 Å². The lowest BCUT2D eigenvalue weighted by molar-refractivity contribution is -0.119. The van der Waals surface area contributed by atoms with Crippen molar-refractivity contribution in [3.8, 4) is 0 Å². The molecule has 0 aliphatic carbocycles. The van der Waals surface area contributed by atoms with Crippen molar-refractivity contribution in [2.45, 2.75) is 6.92 Å². The lowest BCUT2D eigenvalue weighted by atomic mass is 10.2. The van der Waals surface area contributed by atoms with Crippen LogP contribution in [0.25, 0.3) is 0 Å². The number of nitrogens with one attached hydrogen (secondary N) is 1. The largest absolute Gasteiger partial charge is 0.452 e. The number of hydrogen-bond acceptors (Lipinski definition) is 4. The van der Waals surface area contributed by atoms with E-state index in [4.69, 9.17) is 39.5 Å². The summed E-state index contributed by atoms with van der Waals surface area (Å²) in [5.74, 6) is -1.13. The molecule has 1 aromatic heterocycles. The molecule has 0 radical (unpaired) electrons. The zero-order valence-electron chi connectivity index (χ0n) is 11.9. The van der Waals surface area contributed by atoms with Crippen LogP contribution in [0.3, 0.4) is 0 Å². The smallest absolute Gasteiger partial charge is 0.340 e. The number of carbonyl (C=O) groups is 2. The van der Waals surface area contributed by atoms with Gasteiger partial charge in [0.15, 0.2) is 12.4 Å². The minimum absolute atomic E-state index is 0.146. The van der Waals surface area contributed by atoms with Crippen LogP contribution in [0.4, 0.5) is 5.82 Å². The maximum atomic E-state index is 11.8. The number of nitrogens with zero attached hydrogens (tertiary/aromatic N) is 1. The number of ether oxygens (including phenoxy) is 1. The summed E-state index contributed by atoms with van der Waals surface area (Å²) < 4.78 is 4.90. The Morgan fingerprint density at radius 3 is 2.57 bits per heavy atom. The Morgan fingerprint density at radius 2 is 1.87 bits per heavy atom. The lowest BCUT2D eigenvalue weighted by Crippen LogP contribution is -2.22. The van der Waals surface area contributed by atoms with Crippen molar-refractivity contribution in [2.75, 3.05) is 11.9 Å². The van der Waals surface area contributed by atoms with Gasteiger partial charge in [0.1, 0.15) is 0 Å². The molecule has 120 valence electrons. The van der Waals surface area contributed by atoms with Crippen molar-refractivity contribution in [3.05, 3.63) is 56.7 Å². The van der Waals surface area contributed by atoms with Crippen molar-refractivity contribution in [1.29, 1.82) is 0 Å². The second-order valence-electron chi connectivity index (χ2n) is 4.50. The number of pyridine rings is 1. The molecule has 23 heavy (non-hydrogen) atoms. The SMILES string of the molecule is Cc1c(Cl)cnc(NC(=O)COC(=O)c2ccccc2Cl)c1Cl. The summed E-state index contributed by atoms with van der Waals surface area (Å²) >= 11 is 17.8. The fourth-order valence-corrected chi connectivity index (χ4v) is 2.25. The molecule has 0 atom stereocenters. The van der Waals surface area contributed by atoms with Gasteiger partial charge in [0, 0.05) is 6.20 Å². The van der Waals surface area contributed by atoms with Crippen molar-refractivity contribution in [1.82, 2.24) is 4.98 Å². The maximum Gasteiger partial charge on any atom is 0.340 e. The maximum absolute atomic E-state index is 11.8. The van der Waals surface area contributed by atoms with Crippen LogP contribution < -0.4 is 5.32 Å². The van der Waals surface area contributed by atoms with Crippen LogP contribution in [0.2, 0.25) is 15.1 Å². The molecular weight excluding hydrogens is 363 g/mol. The van der Waals surface area contributed by atoms with Gasteiger partial charge in [-0.25, -0.2) is 9.78 Å². The third-order valence-electron chi connectivity index (χ3n) is 2.89. The Morgan fingerprint density at radius 1 is 1.17 bits per heavy atom. The molecule has 1 heterocycles. The highest BCUT2D eigenvalue weighted by molar-refractivity contribution is 6.37. The molecule has 0 aliphatic rings. The summed E-state index contributed by atoms with van der Waals surface area (Å²) in [4.78, 5) is 27.6. The molecule has 2 aromatic rings. The summed E-state index contributed by atoms with van der Waals surface area (Å²) in [6, 6.07) is 6.38. The topological polar surface area (TPSA) is 68.3 Å². The summed E-state index contributed by atoms with van der Waals surface area (Å²) in [7, 11) is 0. The van der Waals surface area contributed by atoms with Crippen molar-refractivity contribution >= 4 is 52.5 Å². The highest BCUT2D eigenvalue weighted by Crippen LogP contribution is 2.28. The van der Waals surface area contributed by atoms with E-state index >= 15 is 0 Å². The molecule has 0 bridgehead atoms. The van der Waals surface area contributed by atoms with E-state index in [0.717, 1.165) is 0 Å². The van der Waals surface area contributed by atoms with Gasteiger partial charge in [-0.3, -0.25) is 4.79 Å². The number of benzene rings is 1. The quantitative estimate of drug-likeness (QED) is 0.818. The van der Waals surface area contributed by atoms with Crippen molar-refractivity contribution in [3.63, 3.8) is 0 Å². The third-order valence-corrected chi connectivity index (χ3v) is 4.06. The number of hydrogen-bond donors (Lipinski definition) is 1. The standard InChI is InChI=1S/C15H11Cl3N2O3/c1-8-11(17)6-19-14(13(8)18)20-12(21)7-23-15(22)9-4-2-3-5-10(9)16/h2-6H,7H2,1H3,(H,19,20,21). The fourth-order valence-electron chi connectivity index (χ4n) is 1.65. The van der Waals surface area contributed by atoms with Gasteiger partial charge in [0.2, 0.25) is 0 Å². The molecule has 1 amide bonds. The highest BCUT2D eigenvalue weighted by atomic mass is 35.5. The number of halogens is 3. The van der Waals surface area contributed by atoms with Crippen molar-refractivity contribution < 1.29 is 14.3 Å². The number of carbonyl (C=O) groups excluding carboxylic acids is 2. The van der Waals surface area contributed by atoms with Crippen LogP contribution in [-0.2, 0) is 9.53 Å². The molecular formula is C15H11Cl3N2O3. The molecule has 1 aromatic carbocycles. The van der Waals surface area contributed by atoms with Crippen LogP contribution in [0, 0.1) is 6.92 Å². The number of rotatable bonds is 4. The van der Waals surface area contributed by atoms with E-state index in [1.807, 2.05) is 0 Å². The van der Waals surface area contributed by atoms with Gasteiger partial charge >= 0.3 is 5.97 Å². The Balaban J connectivity index is 1.97. The van der Waals surface area contributed by atoms with Crippen LogP contribution in [-0.4, -0.2) is 23.5 Å². The van der Waals surface area contributed by atoms with Crippen LogP contribution >= 0.6 is 34.8 Å². The second-order valence-corrected chi connectivity index (χ2v) is 5.69. The Hall–Kier alpha value is -1.82. The fraction of sp³-hybridized carbons (Fsp3) is 0.133. The molecule has 5 nitrogen and oxygen atoms in total. The molecule has 0 unspecified atom stereocenters. The van der Waals surface area contributed by atoms with Gasteiger partial charge in [0.25, 0.3) is 5.91 Å². The molecule has 0 saturated heterocycles. The molecule has 8 heteroatoms. The number of aromatic nitrogens is 1. The zero-order chi connectivity index (χ0) is 17.0. The van der Waals surface area contributed by atoms with Crippen LogP contribution in [0.15, 0.2) is 30.5 Å². The molecule has 0 fully saturated rings. The van der Waals surface area contributed by atoms with E-state index in [1.165, 1.54) is 12.3 Å². The molecule has 1 N–H and O–H groups in total. The molecule has 0 spiro atoms. The van der Waals surface area contributed by atoms with Crippen LogP contribution in [0.1, 0.15) is 15.9 Å². The van der Waals surface area contributed by atoms with Gasteiger partial charge in [-0.1, -0.05) is 46.9 Å². The number of esters is 1. The first-order valence-electron chi connectivity index (χ1n) is 6.42. The number of amides is 1. The van der Waals surface area contributed by atoms with Gasteiger partial charge in [-0.2, -0.15) is 0 Å². The second kappa shape index (κ2) is 7.64. The Bertz CT molecular complexity index is 766. The minimum Gasteiger partial charge on any atom is -0.452 e. The molecule has 0 saturated carbocycles. The summed E-state index contributed by atoms with van der Waals surface area (Å²) in [5.41, 5.74) is 0.771. The van der Waals surface area contributed by atoms with E-state index < -0.39 is 18.5 Å². The Kier molecular flexibility index (Phi) is 5.82. The third kappa shape index (κ3) is 4.34. The number of anilines is 1.